The van der Waals surface area contributed by atoms with Gasteiger partial charge in [0.2, 0.25) is 0 Å². The number of rotatable bonds is 1. The average molecular weight is 191 g/mol. The first kappa shape index (κ1) is 8.61. The molecule has 0 saturated heterocycles. The predicted molar refractivity (Wildman–Crippen MR) is 51.3 cm³/mol. The molecule has 1 aromatic rings. The minimum atomic E-state index is -0.225. The number of thiocyanates is 1. The van der Waals surface area contributed by atoms with Gasteiger partial charge in [-0.2, -0.15) is 5.26 Å². The van der Waals surface area contributed by atoms with Gasteiger partial charge in [-0.05, 0) is 47.9 Å². The summed E-state index contributed by atoms with van der Waals surface area (Å²) in [6.45, 7) is 0. The second-order valence-electron chi connectivity index (χ2n) is 3.19. The SMILES string of the molecule is N#CSc1ccc2c(c1)CC(O)C2. The van der Waals surface area contributed by atoms with Crippen molar-refractivity contribution < 1.29 is 5.11 Å². The summed E-state index contributed by atoms with van der Waals surface area (Å²) >= 11 is 1.17. The van der Waals surface area contributed by atoms with Gasteiger partial charge in [-0.25, -0.2) is 0 Å². The van der Waals surface area contributed by atoms with Gasteiger partial charge in [-0.1, -0.05) is 6.07 Å². The maximum atomic E-state index is 9.40. The van der Waals surface area contributed by atoms with Crippen LogP contribution in [0.25, 0.3) is 0 Å². The molecule has 0 amide bonds. The summed E-state index contributed by atoms with van der Waals surface area (Å²) in [7, 11) is 0. The zero-order valence-corrected chi connectivity index (χ0v) is 7.84. The highest BCUT2D eigenvalue weighted by Crippen LogP contribution is 2.27. The first-order chi connectivity index (χ1) is 6.29. The normalized spacial score (nSPS) is 19.5. The molecule has 0 heterocycles. The van der Waals surface area contributed by atoms with Crippen molar-refractivity contribution in [3.63, 3.8) is 0 Å². The molecule has 1 atom stereocenters. The lowest BCUT2D eigenvalue weighted by molar-refractivity contribution is 0.187. The Morgan fingerprint density at radius 1 is 1.38 bits per heavy atom. The van der Waals surface area contributed by atoms with E-state index < -0.39 is 0 Å². The van der Waals surface area contributed by atoms with E-state index in [9.17, 15) is 5.11 Å². The van der Waals surface area contributed by atoms with E-state index in [4.69, 9.17) is 5.26 Å². The van der Waals surface area contributed by atoms with Crippen LogP contribution >= 0.6 is 11.8 Å². The fraction of sp³-hybridized carbons (Fsp3) is 0.300. The first-order valence-corrected chi connectivity index (χ1v) is 4.97. The van der Waals surface area contributed by atoms with Gasteiger partial charge in [0.1, 0.15) is 5.40 Å². The Morgan fingerprint density at radius 3 is 2.92 bits per heavy atom. The van der Waals surface area contributed by atoms with E-state index in [0.717, 1.165) is 17.7 Å². The van der Waals surface area contributed by atoms with Crippen molar-refractivity contribution in [2.75, 3.05) is 0 Å². The van der Waals surface area contributed by atoms with E-state index in [1.165, 1.54) is 22.9 Å². The van der Waals surface area contributed by atoms with Crippen LogP contribution in [0.1, 0.15) is 11.1 Å². The smallest absolute Gasteiger partial charge is 0.138 e. The van der Waals surface area contributed by atoms with Crippen molar-refractivity contribution in [1.29, 1.82) is 5.26 Å². The van der Waals surface area contributed by atoms with Gasteiger partial charge in [0.25, 0.3) is 0 Å². The topological polar surface area (TPSA) is 44.0 Å². The molecule has 1 aliphatic carbocycles. The molecule has 0 bridgehead atoms. The van der Waals surface area contributed by atoms with Gasteiger partial charge >= 0.3 is 0 Å². The molecule has 0 aliphatic heterocycles. The summed E-state index contributed by atoms with van der Waals surface area (Å²) in [5.74, 6) is 0. The molecule has 0 fully saturated rings. The predicted octanol–water partition coefficient (Wildman–Crippen LogP) is 1.72. The van der Waals surface area contributed by atoms with Crippen molar-refractivity contribution in [2.45, 2.75) is 23.8 Å². The Morgan fingerprint density at radius 2 is 2.15 bits per heavy atom. The van der Waals surface area contributed by atoms with Crippen LogP contribution in [0.15, 0.2) is 23.1 Å². The number of fused-ring (bicyclic) bond motifs is 1. The molecule has 13 heavy (non-hydrogen) atoms. The van der Waals surface area contributed by atoms with Crippen LogP contribution in [0.3, 0.4) is 0 Å². The van der Waals surface area contributed by atoms with E-state index in [2.05, 4.69) is 0 Å². The van der Waals surface area contributed by atoms with Gasteiger partial charge < -0.3 is 5.11 Å². The molecular weight excluding hydrogens is 182 g/mol. The highest BCUT2D eigenvalue weighted by atomic mass is 32.2. The number of nitriles is 1. The van der Waals surface area contributed by atoms with E-state index in [1.54, 1.807) is 0 Å². The van der Waals surface area contributed by atoms with Crippen LogP contribution in [0.4, 0.5) is 0 Å². The minimum Gasteiger partial charge on any atom is -0.392 e. The standard InChI is InChI=1S/C10H9NOS/c11-6-13-10-2-1-7-3-9(12)4-8(7)5-10/h1-2,5,9,12H,3-4H2. The van der Waals surface area contributed by atoms with Crippen molar-refractivity contribution in [3.05, 3.63) is 29.3 Å². The number of hydrogen-bond acceptors (Lipinski definition) is 3. The minimum absolute atomic E-state index is 0.225. The lowest BCUT2D eigenvalue weighted by Gasteiger charge is -1.99. The Labute approximate surface area is 81.2 Å². The van der Waals surface area contributed by atoms with Crippen LogP contribution in [0.2, 0.25) is 0 Å². The lowest BCUT2D eigenvalue weighted by Crippen LogP contribution is -2.03. The lowest BCUT2D eigenvalue weighted by atomic mass is 10.1. The van der Waals surface area contributed by atoms with Crippen LogP contribution in [0.5, 0.6) is 0 Å². The number of thioether (sulfide) groups is 1. The maximum absolute atomic E-state index is 9.40. The van der Waals surface area contributed by atoms with Gasteiger partial charge in [0.15, 0.2) is 0 Å². The second kappa shape index (κ2) is 3.41. The van der Waals surface area contributed by atoms with Crippen molar-refractivity contribution in [1.82, 2.24) is 0 Å². The molecule has 0 radical (unpaired) electrons. The molecule has 1 unspecified atom stereocenters. The zero-order chi connectivity index (χ0) is 9.26. The van der Waals surface area contributed by atoms with Gasteiger partial charge in [0.05, 0.1) is 6.10 Å². The van der Waals surface area contributed by atoms with Crippen molar-refractivity contribution in [3.8, 4) is 5.40 Å². The number of nitrogens with zero attached hydrogens (tertiary/aromatic N) is 1. The third-order valence-corrected chi connectivity index (χ3v) is 2.83. The summed E-state index contributed by atoms with van der Waals surface area (Å²) in [5.41, 5.74) is 2.41. The molecule has 1 N–H and O–H groups in total. The van der Waals surface area contributed by atoms with Crippen LogP contribution in [-0.2, 0) is 12.8 Å². The Bertz CT molecular complexity index is 370. The zero-order valence-electron chi connectivity index (χ0n) is 7.03. The highest BCUT2D eigenvalue weighted by Gasteiger charge is 2.18. The molecule has 1 aliphatic rings. The maximum Gasteiger partial charge on any atom is 0.138 e. The van der Waals surface area contributed by atoms with E-state index in [1.807, 2.05) is 23.6 Å². The Hall–Kier alpha value is -0.980. The van der Waals surface area contributed by atoms with Gasteiger partial charge in [-0.3, -0.25) is 0 Å². The molecule has 0 aromatic heterocycles. The van der Waals surface area contributed by atoms with Crippen molar-refractivity contribution in [2.24, 2.45) is 0 Å². The second-order valence-corrected chi connectivity index (χ2v) is 4.04. The molecule has 2 nitrogen and oxygen atoms in total. The summed E-state index contributed by atoms with van der Waals surface area (Å²) in [6.07, 6.45) is 1.26. The Kier molecular flexibility index (Phi) is 2.26. The van der Waals surface area contributed by atoms with Crippen LogP contribution in [0, 0.1) is 10.7 Å². The molecule has 0 spiro atoms. The summed E-state index contributed by atoms with van der Waals surface area (Å²) < 4.78 is 0. The van der Waals surface area contributed by atoms with Gasteiger partial charge in [0, 0.05) is 4.90 Å². The molecule has 2 rings (SSSR count). The van der Waals surface area contributed by atoms with E-state index in [0.29, 0.717) is 0 Å². The number of aliphatic hydroxyl groups is 1. The van der Waals surface area contributed by atoms with Crippen molar-refractivity contribution >= 4 is 11.8 Å². The molecule has 3 heteroatoms. The summed E-state index contributed by atoms with van der Waals surface area (Å²) in [6, 6.07) is 5.94. The monoisotopic (exact) mass is 191 g/mol. The molecular formula is C10H9NOS. The fourth-order valence-electron chi connectivity index (χ4n) is 1.69. The van der Waals surface area contributed by atoms with E-state index in [-0.39, 0.29) is 6.10 Å². The number of hydrogen-bond donors (Lipinski definition) is 1. The largest absolute Gasteiger partial charge is 0.392 e. The Balaban J connectivity index is 2.30. The molecule has 0 saturated carbocycles. The average Bonchev–Trinajstić information content (AvgIpc) is 2.44. The fourth-order valence-corrected chi connectivity index (χ4v) is 2.13. The van der Waals surface area contributed by atoms with Gasteiger partial charge in [-0.15, -0.1) is 0 Å². The van der Waals surface area contributed by atoms with Crippen LogP contribution < -0.4 is 0 Å². The quantitative estimate of drug-likeness (QED) is 0.543. The highest BCUT2D eigenvalue weighted by molar-refractivity contribution is 8.03. The van der Waals surface area contributed by atoms with Crippen LogP contribution in [-0.4, -0.2) is 11.2 Å². The van der Waals surface area contributed by atoms with E-state index >= 15 is 0 Å². The number of benzene rings is 1. The third-order valence-electron chi connectivity index (χ3n) is 2.25. The summed E-state index contributed by atoms with van der Waals surface area (Å²) in [5, 5.41) is 19.9. The third kappa shape index (κ3) is 1.69. The first-order valence-electron chi connectivity index (χ1n) is 4.15. The number of aliphatic hydroxyl groups excluding tert-OH is 1. The molecule has 66 valence electrons. The summed E-state index contributed by atoms with van der Waals surface area (Å²) in [4.78, 5) is 0.968. The molecule has 1 aromatic carbocycles.